The maximum Gasteiger partial charge on any atom is 0.416 e. The summed E-state index contributed by atoms with van der Waals surface area (Å²) in [5.41, 5.74) is 6.93. The molecular weight excluding hydrogens is 393 g/mol. The van der Waals surface area contributed by atoms with Crippen molar-refractivity contribution in [1.29, 1.82) is 0 Å². The highest BCUT2D eigenvalue weighted by atomic mass is 19.4. The van der Waals surface area contributed by atoms with E-state index in [1.807, 2.05) is 4.90 Å². The summed E-state index contributed by atoms with van der Waals surface area (Å²) in [6.07, 6.45) is 3.86. The molecule has 0 bridgehead atoms. The molecule has 0 spiro atoms. The number of carbonyl (C=O) groups excluding carboxylic acids is 1. The van der Waals surface area contributed by atoms with Crippen molar-refractivity contribution in [2.75, 3.05) is 12.3 Å². The van der Waals surface area contributed by atoms with E-state index in [0.29, 0.717) is 35.7 Å². The van der Waals surface area contributed by atoms with Gasteiger partial charge in [-0.2, -0.15) is 13.2 Å². The van der Waals surface area contributed by atoms with Crippen LogP contribution in [0.3, 0.4) is 0 Å². The predicted octanol–water partition coefficient (Wildman–Crippen LogP) is 4.99. The summed E-state index contributed by atoms with van der Waals surface area (Å²) in [6.45, 7) is 0.659. The number of nitrogens with two attached hydrogens (primary N) is 1. The second-order valence-electron chi connectivity index (χ2n) is 8.20. The average molecular weight is 418 g/mol. The third kappa shape index (κ3) is 4.27. The quantitative estimate of drug-likeness (QED) is 0.759. The highest BCUT2D eigenvalue weighted by Gasteiger charge is 2.35. The van der Waals surface area contributed by atoms with Crippen LogP contribution in [-0.4, -0.2) is 27.3 Å². The van der Waals surface area contributed by atoms with Crippen LogP contribution < -0.4 is 5.73 Å². The standard InChI is InChI=1S/C22H25F3N4O/c23-22(24,25)16-9-7-15(8-10-16)17-13-27-21(26)28-20(17)18-6-3-11-29(18)19(30)12-14-4-1-2-5-14/h7-10,13-14,18H,1-6,11-12H2,(H2,26,27,28). The summed E-state index contributed by atoms with van der Waals surface area (Å²) in [7, 11) is 0. The molecule has 1 aliphatic heterocycles. The first kappa shape index (κ1) is 20.6. The second kappa shape index (κ2) is 8.24. The third-order valence-electron chi connectivity index (χ3n) is 6.19. The first-order valence-electron chi connectivity index (χ1n) is 10.4. The van der Waals surface area contributed by atoms with E-state index in [-0.39, 0.29) is 17.9 Å². The molecule has 4 rings (SSSR count). The van der Waals surface area contributed by atoms with Crippen LogP contribution in [0, 0.1) is 5.92 Å². The fourth-order valence-corrected chi connectivity index (χ4v) is 4.65. The molecule has 0 radical (unpaired) electrons. The Kier molecular flexibility index (Phi) is 5.66. The van der Waals surface area contributed by atoms with Gasteiger partial charge in [0.15, 0.2) is 0 Å². The number of likely N-dealkylation sites (tertiary alicyclic amines) is 1. The van der Waals surface area contributed by atoms with Crippen LogP contribution in [-0.2, 0) is 11.0 Å². The van der Waals surface area contributed by atoms with Crippen molar-refractivity contribution in [2.24, 2.45) is 5.92 Å². The molecular formula is C22H25F3N4O. The molecule has 160 valence electrons. The number of hydrogen-bond acceptors (Lipinski definition) is 4. The molecule has 2 heterocycles. The number of nitrogen functional groups attached to an aromatic ring is 1. The molecule has 2 aromatic rings. The lowest BCUT2D eigenvalue weighted by atomic mass is 9.98. The monoisotopic (exact) mass is 418 g/mol. The van der Waals surface area contributed by atoms with Crippen LogP contribution >= 0.6 is 0 Å². The number of nitrogens with zero attached hydrogens (tertiary/aromatic N) is 3. The number of aromatic nitrogens is 2. The van der Waals surface area contributed by atoms with Gasteiger partial charge >= 0.3 is 6.18 Å². The van der Waals surface area contributed by atoms with E-state index in [2.05, 4.69) is 9.97 Å². The van der Waals surface area contributed by atoms with E-state index < -0.39 is 11.7 Å². The van der Waals surface area contributed by atoms with Gasteiger partial charge in [0.05, 0.1) is 17.3 Å². The van der Waals surface area contributed by atoms with Gasteiger partial charge in [0, 0.05) is 24.7 Å². The first-order chi connectivity index (χ1) is 14.3. The Labute approximate surface area is 173 Å². The molecule has 1 aromatic carbocycles. The molecule has 1 saturated heterocycles. The van der Waals surface area contributed by atoms with Gasteiger partial charge in [-0.25, -0.2) is 9.97 Å². The van der Waals surface area contributed by atoms with Crippen LogP contribution in [0.25, 0.3) is 11.1 Å². The average Bonchev–Trinajstić information content (AvgIpc) is 3.39. The Morgan fingerprint density at radius 3 is 2.47 bits per heavy atom. The van der Waals surface area contributed by atoms with Crippen molar-refractivity contribution in [2.45, 2.75) is 57.2 Å². The lowest BCUT2D eigenvalue weighted by molar-refractivity contribution is -0.137. The Bertz CT molecular complexity index is 908. The molecule has 2 fully saturated rings. The number of benzene rings is 1. The smallest absolute Gasteiger partial charge is 0.368 e. The van der Waals surface area contributed by atoms with E-state index in [9.17, 15) is 18.0 Å². The van der Waals surface area contributed by atoms with Crippen LogP contribution in [0.15, 0.2) is 30.5 Å². The normalized spacial score (nSPS) is 20.1. The van der Waals surface area contributed by atoms with Gasteiger partial charge in [0.1, 0.15) is 0 Å². The van der Waals surface area contributed by atoms with Crippen molar-refractivity contribution >= 4 is 11.9 Å². The Hall–Kier alpha value is -2.64. The lowest BCUT2D eigenvalue weighted by Gasteiger charge is -2.27. The number of hydrogen-bond donors (Lipinski definition) is 1. The summed E-state index contributed by atoms with van der Waals surface area (Å²) in [5, 5.41) is 0. The van der Waals surface area contributed by atoms with Gasteiger partial charge < -0.3 is 10.6 Å². The van der Waals surface area contributed by atoms with Crippen LogP contribution in [0.2, 0.25) is 0 Å². The van der Waals surface area contributed by atoms with Crippen molar-refractivity contribution in [3.8, 4) is 11.1 Å². The van der Waals surface area contributed by atoms with Gasteiger partial charge in [-0.3, -0.25) is 4.79 Å². The minimum Gasteiger partial charge on any atom is -0.368 e. The minimum atomic E-state index is -4.39. The summed E-state index contributed by atoms with van der Waals surface area (Å²) < 4.78 is 38.8. The molecule has 8 heteroatoms. The molecule has 2 aliphatic rings. The third-order valence-corrected chi connectivity index (χ3v) is 6.19. The Balaban J connectivity index is 1.63. The fraction of sp³-hybridized carbons (Fsp3) is 0.500. The minimum absolute atomic E-state index is 0.0933. The van der Waals surface area contributed by atoms with E-state index in [1.165, 1.54) is 31.2 Å². The molecule has 30 heavy (non-hydrogen) atoms. The number of anilines is 1. The number of carbonyl (C=O) groups is 1. The topological polar surface area (TPSA) is 72.1 Å². The van der Waals surface area contributed by atoms with Crippen LogP contribution in [0.4, 0.5) is 19.1 Å². The van der Waals surface area contributed by atoms with Crippen LogP contribution in [0.1, 0.15) is 62.2 Å². The Morgan fingerprint density at radius 1 is 1.10 bits per heavy atom. The number of alkyl halides is 3. The predicted molar refractivity (Wildman–Crippen MR) is 107 cm³/mol. The maximum absolute atomic E-state index is 13.0. The molecule has 1 aromatic heterocycles. The SMILES string of the molecule is Nc1ncc(-c2ccc(C(F)(F)F)cc2)c(C2CCCN2C(=O)CC2CCCC2)n1. The highest BCUT2D eigenvalue weighted by molar-refractivity contribution is 5.78. The van der Waals surface area contributed by atoms with Crippen molar-refractivity contribution in [3.05, 3.63) is 41.7 Å². The van der Waals surface area contributed by atoms with Crippen LogP contribution in [0.5, 0.6) is 0 Å². The zero-order valence-electron chi connectivity index (χ0n) is 16.7. The van der Waals surface area contributed by atoms with Crippen molar-refractivity contribution in [1.82, 2.24) is 14.9 Å². The zero-order valence-corrected chi connectivity index (χ0v) is 16.7. The van der Waals surface area contributed by atoms with E-state index in [0.717, 1.165) is 37.8 Å². The first-order valence-corrected chi connectivity index (χ1v) is 10.4. The summed E-state index contributed by atoms with van der Waals surface area (Å²) in [4.78, 5) is 23.3. The molecule has 1 saturated carbocycles. The van der Waals surface area contributed by atoms with Gasteiger partial charge in [-0.05, 0) is 49.3 Å². The molecule has 5 nitrogen and oxygen atoms in total. The van der Waals surface area contributed by atoms with Crippen molar-refractivity contribution in [3.63, 3.8) is 0 Å². The summed E-state index contributed by atoms with van der Waals surface area (Å²) in [6, 6.07) is 4.70. The van der Waals surface area contributed by atoms with Gasteiger partial charge in [-0.15, -0.1) is 0 Å². The number of amides is 1. The highest BCUT2D eigenvalue weighted by Crippen LogP contribution is 2.39. The summed E-state index contributed by atoms with van der Waals surface area (Å²) in [5.74, 6) is 0.666. The van der Waals surface area contributed by atoms with E-state index in [4.69, 9.17) is 5.73 Å². The molecule has 1 aliphatic carbocycles. The fourth-order valence-electron chi connectivity index (χ4n) is 4.65. The van der Waals surface area contributed by atoms with Crippen molar-refractivity contribution < 1.29 is 18.0 Å². The lowest BCUT2D eigenvalue weighted by Crippen LogP contribution is -2.32. The van der Waals surface area contributed by atoms with E-state index >= 15 is 0 Å². The number of halogens is 3. The second-order valence-corrected chi connectivity index (χ2v) is 8.20. The number of rotatable bonds is 4. The molecule has 1 amide bonds. The van der Waals surface area contributed by atoms with Gasteiger partial charge in [-0.1, -0.05) is 25.0 Å². The Morgan fingerprint density at radius 2 is 1.80 bits per heavy atom. The largest absolute Gasteiger partial charge is 0.416 e. The maximum atomic E-state index is 13.0. The molecule has 1 atom stereocenters. The molecule has 1 unspecified atom stereocenters. The van der Waals surface area contributed by atoms with Gasteiger partial charge in [0.2, 0.25) is 11.9 Å². The van der Waals surface area contributed by atoms with Gasteiger partial charge in [0.25, 0.3) is 0 Å². The summed E-state index contributed by atoms with van der Waals surface area (Å²) >= 11 is 0. The molecule has 2 N–H and O–H groups in total. The van der Waals surface area contributed by atoms with E-state index in [1.54, 1.807) is 0 Å². The zero-order chi connectivity index (χ0) is 21.3.